The van der Waals surface area contributed by atoms with Gasteiger partial charge < -0.3 is 26.0 Å². The number of rotatable bonds is 9. The number of nitrogens with one attached hydrogen (secondary N) is 4. The number of benzene rings is 2. The van der Waals surface area contributed by atoms with Gasteiger partial charge in [0.1, 0.15) is 12.4 Å². The first-order chi connectivity index (χ1) is 14.5. The van der Waals surface area contributed by atoms with E-state index in [4.69, 9.17) is 4.74 Å². The summed E-state index contributed by atoms with van der Waals surface area (Å²) in [4.78, 5) is 16.0. The molecule has 0 unspecified atom stereocenters. The van der Waals surface area contributed by atoms with E-state index in [2.05, 4.69) is 32.8 Å². The van der Waals surface area contributed by atoms with Crippen LogP contribution in [0.15, 0.2) is 66.2 Å². The van der Waals surface area contributed by atoms with E-state index in [1.807, 2.05) is 62.4 Å². The van der Waals surface area contributed by atoms with Crippen molar-refractivity contribution < 1.29 is 9.53 Å². The molecule has 0 radical (unpaired) electrons. The van der Waals surface area contributed by atoms with Gasteiger partial charge in [-0.3, -0.25) is 4.99 Å². The lowest BCUT2D eigenvalue weighted by molar-refractivity contribution is 0.250. The summed E-state index contributed by atoms with van der Waals surface area (Å²) in [5.41, 5.74) is 2.86. The molecule has 2 amide bonds. The van der Waals surface area contributed by atoms with Crippen molar-refractivity contribution in [3.8, 4) is 5.75 Å². The average Bonchev–Trinajstić information content (AvgIpc) is 2.73. The van der Waals surface area contributed by atoms with Gasteiger partial charge in [0.05, 0.1) is 0 Å². The Hall–Kier alpha value is -2.75. The number of nitrogens with zero attached hydrogens (tertiary/aromatic N) is 1. The molecule has 0 heterocycles. The number of hydrogen-bond acceptors (Lipinski definition) is 3. The summed E-state index contributed by atoms with van der Waals surface area (Å²) in [5, 5.41) is 12.2. The Kier molecular flexibility index (Phi) is 12.1. The van der Waals surface area contributed by atoms with Crippen LogP contribution in [0.5, 0.6) is 5.75 Å². The fourth-order valence-corrected chi connectivity index (χ4v) is 2.66. The Bertz CT molecular complexity index is 853. The molecule has 0 aromatic heterocycles. The number of carbonyl (C=O) groups is 1. The first-order valence-corrected chi connectivity index (χ1v) is 9.94. The van der Waals surface area contributed by atoms with Crippen LogP contribution >= 0.6 is 24.0 Å². The van der Waals surface area contributed by atoms with Crippen LogP contribution in [0.25, 0.3) is 0 Å². The predicted molar refractivity (Wildman–Crippen MR) is 138 cm³/mol. The molecule has 0 saturated carbocycles. The van der Waals surface area contributed by atoms with Gasteiger partial charge in [0.2, 0.25) is 0 Å². The highest BCUT2D eigenvalue weighted by molar-refractivity contribution is 14.0. The molecule has 2 aromatic carbocycles. The summed E-state index contributed by atoms with van der Waals surface area (Å²) in [5.74, 6) is 1.51. The number of hydrogen-bond donors (Lipinski definition) is 4. The largest absolute Gasteiger partial charge is 0.489 e. The number of urea groups is 1. The van der Waals surface area contributed by atoms with Crippen molar-refractivity contribution in [2.75, 3.05) is 19.0 Å². The van der Waals surface area contributed by atoms with Crippen LogP contribution in [0.1, 0.15) is 25.0 Å². The van der Waals surface area contributed by atoms with Crippen molar-refractivity contribution in [2.24, 2.45) is 4.99 Å². The lowest BCUT2D eigenvalue weighted by Gasteiger charge is -2.15. The zero-order valence-electron chi connectivity index (χ0n) is 18.3. The normalized spacial score (nSPS) is 10.6. The van der Waals surface area contributed by atoms with Crippen molar-refractivity contribution in [3.63, 3.8) is 0 Å². The molecule has 0 aliphatic rings. The molecule has 0 atom stereocenters. The number of halogens is 1. The van der Waals surface area contributed by atoms with Crippen molar-refractivity contribution in [1.29, 1.82) is 0 Å². The van der Waals surface area contributed by atoms with Gasteiger partial charge in [-0.2, -0.15) is 0 Å². The van der Waals surface area contributed by atoms with Crippen molar-refractivity contribution in [2.45, 2.75) is 33.0 Å². The molecule has 0 saturated heterocycles. The molecule has 2 rings (SSSR count). The summed E-state index contributed by atoms with van der Waals surface area (Å²) in [6.45, 7) is 9.18. The van der Waals surface area contributed by atoms with E-state index >= 15 is 0 Å². The van der Waals surface area contributed by atoms with Crippen molar-refractivity contribution >= 4 is 41.7 Å². The molecule has 0 aliphatic carbocycles. The van der Waals surface area contributed by atoms with E-state index in [0.717, 1.165) is 22.6 Å². The van der Waals surface area contributed by atoms with E-state index in [9.17, 15) is 4.79 Å². The quantitative estimate of drug-likeness (QED) is 0.167. The highest BCUT2D eigenvalue weighted by Gasteiger charge is 2.05. The van der Waals surface area contributed by atoms with Gasteiger partial charge in [-0.05, 0) is 37.6 Å². The van der Waals surface area contributed by atoms with Crippen LogP contribution < -0.4 is 26.0 Å². The molecule has 168 valence electrons. The van der Waals surface area contributed by atoms with Crippen molar-refractivity contribution in [1.82, 2.24) is 16.0 Å². The fraction of sp³-hybridized carbons (Fsp3) is 0.304. The Morgan fingerprint density at radius 1 is 1.10 bits per heavy atom. The summed E-state index contributed by atoms with van der Waals surface area (Å²) in [6.07, 6.45) is 1.72. The molecule has 0 bridgehead atoms. The second-order valence-corrected chi connectivity index (χ2v) is 6.94. The van der Waals surface area contributed by atoms with Crippen molar-refractivity contribution in [3.05, 3.63) is 72.3 Å². The molecular formula is C23H32IN5O2. The molecule has 0 fully saturated rings. The Labute approximate surface area is 201 Å². The third-order valence-corrected chi connectivity index (χ3v) is 4.09. The Morgan fingerprint density at radius 2 is 1.77 bits per heavy atom. The van der Waals surface area contributed by atoms with Gasteiger partial charge in [0, 0.05) is 37.4 Å². The number of aliphatic imine (C=N–C) groups is 1. The second-order valence-electron chi connectivity index (χ2n) is 6.94. The highest BCUT2D eigenvalue weighted by Crippen LogP contribution is 2.17. The van der Waals surface area contributed by atoms with E-state index in [1.165, 1.54) is 0 Å². The van der Waals surface area contributed by atoms with E-state index in [-0.39, 0.29) is 36.0 Å². The third kappa shape index (κ3) is 9.73. The van der Waals surface area contributed by atoms with Crippen LogP contribution in [0.4, 0.5) is 10.5 Å². The zero-order valence-corrected chi connectivity index (χ0v) is 20.6. The fourth-order valence-electron chi connectivity index (χ4n) is 2.66. The Morgan fingerprint density at radius 3 is 2.42 bits per heavy atom. The number of para-hydroxylation sites is 1. The molecule has 0 spiro atoms. The molecule has 0 aliphatic heterocycles. The molecule has 4 N–H and O–H groups in total. The highest BCUT2D eigenvalue weighted by atomic mass is 127. The number of anilines is 1. The maximum atomic E-state index is 11.8. The summed E-state index contributed by atoms with van der Waals surface area (Å²) >= 11 is 0. The minimum Gasteiger partial charge on any atom is -0.489 e. The molecular weight excluding hydrogens is 505 g/mol. The van der Waals surface area contributed by atoms with E-state index < -0.39 is 0 Å². The smallest absolute Gasteiger partial charge is 0.319 e. The van der Waals surface area contributed by atoms with Gasteiger partial charge in [0.15, 0.2) is 5.96 Å². The molecule has 2 aromatic rings. The summed E-state index contributed by atoms with van der Waals surface area (Å²) in [7, 11) is 1.73. The Balaban J connectivity index is 0.00000480. The lowest BCUT2D eigenvalue weighted by Crippen LogP contribution is -2.36. The lowest BCUT2D eigenvalue weighted by atomic mass is 10.2. The van der Waals surface area contributed by atoms with Crippen LogP contribution in [0, 0.1) is 0 Å². The third-order valence-electron chi connectivity index (χ3n) is 4.09. The second kappa shape index (κ2) is 14.3. The van der Waals surface area contributed by atoms with Gasteiger partial charge >= 0.3 is 6.03 Å². The number of guanidine groups is 1. The van der Waals surface area contributed by atoms with Gasteiger partial charge in [-0.25, -0.2) is 4.79 Å². The zero-order chi connectivity index (χ0) is 21.8. The number of carbonyl (C=O) groups excluding carboxylic acids is 1. The van der Waals surface area contributed by atoms with Gasteiger partial charge in [0.25, 0.3) is 0 Å². The number of ether oxygens (including phenoxy) is 1. The van der Waals surface area contributed by atoms with Crippen LogP contribution in [-0.4, -0.2) is 31.7 Å². The minimum atomic E-state index is -0.210. The van der Waals surface area contributed by atoms with Crippen LogP contribution in [0.3, 0.4) is 0 Å². The van der Waals surface area contributed by atoms with Crippen LogP contribution in [0.2, 0.25) is 0 Å². The first-order valence-electron chi connectivity index (χ1n) is 9.94. The van der Waals surface area contributed by atoms with Crippen LogP contribution in [-0.2, 0) is 13.1 Å². The van der Waals surface area contributed by atoms with E-state index in [0.29, 0.717) is 25.7 Å². The standard InChI is InChI=1S/C23H31N5O2.HI/c1-5-14-30-21-9-7-6-8-19(21)16-26-22(24-4)25-15-18-10-12-20(13-11-18)28-23(29)27-17(2)3;/h5-13,17H,1,14-16H2,2-4H3,(H2,24,25,26)(H2,27,28,29);1H. The first kappa shape index (κ1) is 26.3. The van der Waals surface area contributed by atoms with E-state index in [1.54, 1.807) is 13.1 Å². The topological polar surface area (TPSA) is 86.8 Å². The van der Waals surface area contributed by atoms with Gasteiger partial charge in [-0.15, -0.1) is 24.0 Å². The summed E-state index contributed by atoms with van der Waals surface area (Å²) in [6, 6.07) is 15.4. The average molecular weight is 537 g/mol. The SMILES string of the molecule is C=CCOc1ccccc1CNC(=NC)NCc1ccc(NC(=O)NC(C)C)cc1.I. The number of amides is 2. The molecule has 8 heteroatoms. The maximum Gasteiger partial charge on any atom is 0.319 e. The summed E-state index contributed by atoms with van der Waals surface area (Å²) < 4.78 is 5.69. The predicted octanol–water partition coefficient (Wildman–Crippen LogP) is 4.26. The maximum absolute atomic E-state index is 11.8. The van der Waals surface area contributed by atoms with Gasteiger partial charge in [-0.1, -0.05) is 43.0 Å². The minimum absolute atomic E-state index is 0. The molecule has 31 heavy (non-hydrogen) atoms. The monoisotopic (exact) mass is 537 g/mol. The molecule has 7 nitrogen and oxygen atoms in total.